The van der Waals surface area contributed by atoms with Crippen molar-refractivity contribution in [2.24, 2.45) is 0 Å². The van der Waals surface area contributed by atoms with Crippen LogP contribution in [-0.2, 0) is 0 Å². The van der Waals surface area contributed by atoms with E-state index in [0.717, 1.165) is 10.2 Å². The number of benzene rings is 1. The van der Waals surface area contributed by atoms with Crippen LogP contribution < -0.4 is 4.74 Å². The van der Waals surface area contributed by atoms with Gasteiger partial charge in [0.25, 0.3) is 0 Å². The summed E-state index contributed by atoms with van der Waals surface area (Å²) in [6, 6.07) is 7.85. The quantitative estimate of drug-likeness (QED) is 0.714. The maximum absolute atomic E-state index is 5.64. The molecule has 0 heterocycles. The summed E-state index contributed by atoms with van der Waals surface area (Å²) in [6.07, 6.45) is 0. The lowest BCUT2D eigenvalue weighted by molar-refractivity contribution is 0.131. The lowest BCUT2D eigenvalue weighted by Crippen LogP contribution is -2.22. The Bertz CT molecular complexity index is 246. The molecule has 0 saturated heterocycles. The van der Waals surface area contributed by atoms with Crippen LogP contribution in [0, 0.1) is 0 Å². The third kappa shape index (κ3) is 3.26. The molecule has 1 aromatic rings. The number of halogens is 1. The molecule has 0 bridgehead atoms. The highest BCUT2D eigenvalue weighted by Crippen LogP contribution is 2.20. The Hall–Kier alpha value is -0.500. The molecule has 0 aromatic heterocycles. The van der Waals surface area contributed by atoms with Gasteiger partial charge in [-0.15, -0.1) is 0 Å². The minimum Gasteiger partial charge on any atom is -0.488 e. The minimum absolute atomic E-state index is 0.117. The average molecular weight is 229 g/mol. The summed E-state index contributed by atoms with van der Waals surface area (Å²) >= 11 is 3.37. The zero-order valence-corrected chi connectivity index (χ0v) is 9.18. The summed E-state index contributed by atoms with van der Waals surface area (Å²) < 4.78 is 6.71. The molecule has 1 aromatic carbocycles. The number of rotatable bonds is 1. The van der Waals surface area contributed by atoms with Crippen LogP contribution in [0.2, 0.25) is 0 Å². The van der Waals surface area contributed by atoms with E-state index < -0.39 is 0 Å². The molecular formula is C10H13BrO. The van der Waals surface area contributed by atoms with Crippen molar-refractivity contribution < 1.29 is 4.74 Å². The van der Waals surface area contributed by atoms with Crippen molar-refractivity contribution in [3.8, 4) is 5.75 Å². The first kappa shape index (κ1) is 9.59. The monoisotopic (exact) mass is 228 g/mol. The SMILES string of the molecule is CC(C)(C)Oc1ccc(Br)cc1. The molecule has 0 aliphatic rings. The smallest absolute Gasteiger partial charge is 0.120 e. The van der Waals surface area contributed by atoms with Gasteiger partial charge in [-0.3, -0.25) is 0 Å². The lowest BCUT2D eigenvalue weighted by Gasteiger charge is -2.21. The molecule has 0 radical (unpaired) electrons. The lowest BCUT2D eigenvalue weighted by atomic mass is 10.2. The topological polar surface area (TPSA) is 9.23 Å². The third-order valence-corrected chi connectivity index (χ3v) is 1.77. The zero-order chi connectivity index (χ0) is 9.19. The molecule has 66 valence electrons. The van der Waals surface area contributed by atoms with Crippen molar-refractivity contribution in [3.63, 3.8) is 0 Å². The summed E-state index contributed by atoms with van der Waals surface area (Å²) in [7, 11) is 0. The highest BCUT2D eigenvalue weighted by Gasteiger charge is 2.10. The van der Waals surface area contributed by atoms with Crippen LogP contribution in [0.5, 0.6) is 5.75 Å². The van der Waals surface area contributed by atoms with Gasteiger partial charge in [-0.1, -0.05) is 15.9 Å². The van der Waals surface area contributed by atoms with Crippen molar-refractivity contribution in [2.75, 3.05) is 0 Å². The van der Waals surface area contributed by atoms with Gasteiger partial charge in [0.2, 0.25) is 0 Å². The average Bonchev–Trinajstić information content (AvgIpc) is 1.91. The van der Waals surface area contributed by atoms with E-state index in [9.17, 15) is 0 Å². The predicted molar refractivity (Wildman–Crippen MR) is 54.5 cm³/mol. The Labute approximate surface area is 81.9 Å². The molecule has 0 unspecified atom stereocenters. The van der Waals surface area contributed by atoms with E-state index in [0.29, 0.717) is 0 Å². The molecule has 0 N–H and O–H groups in total. The fourth-order valence-electron chi connectivity index (χ4n) is 0.856. The van der Waals surface area contributed by atoms with Crippen LogP contribution in [0.25, 0.3) is 0 Å². The minimum atomic E-state index is -0.117. The van der Waals surface area contributed by atoms with Crippen molar-refractivity contribution in [2.45, 2.75) is 26.4 Å². The number of hydrogen-bond donors (Lipinski definition) is 0. The summed E-state index contributed by atoms with van der Waals surface area (Å²) in [6.45, 7) is 6.11. The van der Waals surface area contributed by atoms with Crippen LogP contribution >= 0.6 is 15.9 Å². The molecule has 0 spiro atoms. The van der Waals surface area contributed by atoms with Gasteiger partial charge in [0.15, 0.2) is 0 Å². The van der Waals surface area contributed by atoms with E-state index in [1.54, 1.807) is 0 Å². The van der Waals surface area contributed by atoms with Crippen LogP contribution in [0.4, 0.5) is 0 Å². The maximum atomic E-state index is 5.64. The molecule has 12 heavy (non-hydrogen) atoms. The van der Waals surface area contributed by atoms with Gasteiger partial charge in [0.1, 0.15) is 11.4 Å². The first-order valence-electron chi connectivity index (χ1n) is 3.92. The van der Waals surface area contributed by atoms with E-state index in [-0.39, 0.29) is 5.60 Å². The Morgan fingerprint density at radius 2 is 1.58 bits per heavy atom. The summed E-state index contributed by atoms with van der Waals surface area (Å²) in [5.74, 6) is 0.908. The summed E-state index contributed by atoms with van der Waals surface area (Å²) in [4.78, 5) is 0. The molecule has 1 nitrogen and oxygen atoms in total. The first-order chi connectivity index (χ1) is 5.47. The van der Waals surface area contributed by atoms with Gasteiger partial charge in [-0.2, -0.15) is 0 Å². The number of ether oxygens (including phenoxy) is 1. The van der Waals surface area contributed by atoms with Gasteiger partial charge in [-0.25, -0.2) is 0 Å². The second-order valence-electron chi connectivity index (χ2n) is 3.67. The molecule has 0 atom stereocenters. The van der Waals surface area contributed by atoms with Crippen molar-refractivity contribution in [1.82, 2.24) is 0 Å². The molecule has 0 aliphatic carbocycles. The summed E-state index contributed by atoms with van der Waals surface area (Å²) in [5.41, 5.74) is -0.117. The highest BCUT2D eigenvalue weighted by molar-refractivity contribution is 9.10. The molecule has 2 heteroatoms. The van der Waals surface area contributed by atoms with Gasteiger partial charge in [0, 0.05) is 4.47 Å². The normalized spacial score (nSPS) is 11.3. The fraction of sp³-hybridized carbons (Fsp3) is 0.400. The molecule has 0 amide bonds. The van der Waals surface area contributed by atoms with Crippen molar-refractivity contribution in [3.05, 3.63) is 28.7 Å². The molecule has 0 saturated carbocycles. The highest BCUT2D eigenvalue weighted by atomic mass is 79.9. The van der Waals surface area contributed by atoms with Gasteiger partial charge in [-0.05, 0) is 45.0 Å². The standard InChI is InChI=1S/C10H13BrO/c1-10(2,3)12-9-6-4-8(11)5-7-9/h4-7H,1-3H3. The van der Waals surface area contributed by atoms with Gasteiger partial charge >= 0.3 is 0 Å². The zero-order valence-electron chi connectivity index (χ0n) is 7.60. The van der Waals surface area contributed by atoms with Crippen LogP contribution in [0.1, 0.15) is 20.8 Å². The number of hydrogen-bond acceptors (Lipinski definition) is 1. The Morgan fingerprint density at radius 3 is 2.00 bits per heavy atom. The second-order valence-corrected chi connectivity index (χ2v) is 4.58. The Balaban J connectivity index is 2.71. The Morgan fingerprint density at radius 1 is 1.08 bits per heavy atom. The molecular weight excluding hydrogens is 216 g/mol. The second kappa shape index (κ2) is 3.48. The van der Waals surface area contributed by atoms with Crippen LogP contribution in [-0.4, -0.2) is 5.60 Å². The predicted octanol–water partition coefficient (Wildman–Crippen LogP) is 3.63. The van der Waals surface area contributed by atoms with E-state index >= 15 is 0 Å². The van der Waals surface area contributed by atoms with Crippen LogP contribution in [0.15, 0.2) is 28.7 Å². The molecule has 0 fully saturated rings. The van der Waals surface area contributed by atoms with Gasteiger partial charge in [0.05, 0.1) is 0 Å². The van der Waals surface area contributed by atoms with E-state index in [1.807, 2.05) is 45.0 Å². The van der Waals surface area contributed by atoms with Gasteiger partial charge < -0.3 is 4.74 Å². The Kier molecular flexibility index (Phi) is 2.78. The van der Waals surface area contributed by atoms with E-state index in [1.165, 1.54) is 0 Å². The van der Waals surface area contributed by atoms with Crippen molar-refractivity contribution in [1.29, 1.82) is 0 Å². The molecule has 0 aliphatic heterocycles. The summed E-state index contributed by atoms with van der Waals surface area (Å²) in [5, 5.41) is 0. The largest absolute Gasteiger partial charge is 0.488 e. The maximum Gasteiger partial charge on any atom is 0.120 e. The first-order valence-corrected chi connectivity index (χ1v) is 4.71. The van der Waals surface area contributed by atoms with Crippen LogP contribution in [0.3, 0.4) is 0 Å². The molecule has 1 rings (SSSR count). The van der Waals surface area contributed by atoms with E-state index in [2.05, 4.69) is 15.9 Å². The fourth-order valence-corrected chi connectivity index (χ4v) is 1.12. The van der Waals surface area contributed by atoms with Crippen molar-refractivity contribution >= 4 is 15.9 Å². The third-order valence-electron chi connectivity index (χ3n) is 1.24. The van der Waals surface area contributed by atoms with E-state index in [4.69, 9.17) is 4.74 Å².